The van der Waals surface area contributed by atoms with E-state index in [1.165, 1.54) is 16.3 Å². The first-order valence-electron chi connectivity index (χ1n) is 10.5. The fraction of sp³-hybridized carbons (Fsp3) is 0.458. The second-order valence-electron chi connectivity index (χ2n) is 8.99. The van der Waals surface area contributed by atoms with Crippen molar-refractivity contribution < 1.29 is 14.4 Å². The highest BCUT2D eigenvalue weighted by Gasteiger charge is 2.25. The molecule has 2 rings (SSSR count). The normalized spacial score (nSPS) is 13.6. The van der Waals surface area contributed by atoms with Gasteiger partial charge in [0.05, 0.1) is 0 Å². The lowest BCUT2D eigenvalue weighted by Gasteiger charge is -2.31. The molecule has 0 fully saturated rings. The molecule has 0 aliphatic heterocycles. The molecule has 0 saturated heterocycles. The minimum Gasteiger partial charge on any atom is -0.543 e. The summed E-state index contributed by atoms with van der Waals surface area (Å²) in [7, 11) is -1.40. The summed E-state index contributed by atoms with van der Waals surface area (Å²) in [6, 6.07) is 15.3. The molecule has 4 nitrogen and oxygen atoms in total. The smallest absolute Gasteiger partial charge is 0.307 e. The third kappa shape index (κ3) is 7.01. The van der Waals surface area contributed by atoms with Crippen molar-refractivity contribution in [2.75, 3.05) is 0 Å². The van der Waals surface area contributed by atoms with Crippen LogP contribution in [-0.2, 0) is 9.22 Å². The lowest BCUT2D eigenvalue weighted by molar-refractivity contribution is -0.127. The first-order valence-corrected chi connectivity index (χ1v) is 13.3. The van der Waals surface area contributed by atoms with Gasteiger partial charge in [-0.05, 0) is 66.1 Å². The van der Waals surface area contributed by atoms with E-state index in [9.17, 15) is 4.79 Å². The number of unbranched alkanes of at least 4 members (excludes halogenated alkanes) is 2. The second-order valence-corrected chi connectivity index (χ2v) is 11.3. The Morgan fingerprint density at radius 2 is 1.83 bits per heavy atom. The summed E-state index contributed by atoms with van der Waals surface area (Å²) in [5, 5.41) is 11.4. The number of amides is 1. The van der Waals surface area contributed by atoms with Crippen molar-refractivity contribution >= 4 is 25.7 Å². The fourth-order valence-electron chi connectivity index (χ4n) is 3.75. The van der Waals surface area contributed by atoms with Gasteiger partial charge in [-0.3, -0.25) is 10.0 Å². The first-order chi connectivity index (χ1) is 13.7. The Kier molecular flexibility index (Phi) is 8.47. The van der Waals surface area contributed by atoms with Gasteiger partial charge >= 0.3 is 5.91 Å². The van der Waals surface area contributed by atoms with E-state index in [0.29, 0.717) is 5.92 Å². The van der Waals surface area contributed by atoms with Gasteiger partial charge in [0.2, 0.25) is 9.04 Å². The lowest BCUT2D eigenvalue weighted by Crippen LogP contribution is -2.25. The van der Waals surface area contributed by atoms with E-state index < -0.39 is 14.9 Å². The maximum atomic E-state index is 11.7. The highest BCUT2D eigenvalue weighted by atomic mass is 28.3. The Hall–Kier alpha value is -2.11. The summed E-state index contributed by atoms with van der Waals surface area (Å²) >= 11 is 0. The van der Waals surface area contributed by atoms with Crippen LogP contribution in [0.25, 0.3) is 10.8 Å². The van der Waals surface area contributed by atoms with Crippen LogP contribution >= 0.6 is 0 Å². The van der Waals surface area contributed by atoms with Crippen LogP contribution in [0.3, 0.4) is 0 Å². The van der Waals surface area contributed by atoms with Gasteiger partial charge in [-0.1, -0.05) is 69.7 Å². The SMILES string of the molecule is C[SiH](C)OC(=CCCCCC(c1ccc2ccccc2c1)C(C)(C)C)C(=O)NO. The lowest BCUT2D eigenvalue weighted by atomic mass is 9.73. The second kappa shape index (κ2) is 10.6. The maximum Gasteiger partial charge on any atom is 0.307 e. The highest BCUT2D eigenvalue weighted by Crippen LogP contribution is 2.40. The van der Waals surface area contributed by atoms with Gasteiger partial charge in [0, 0.05) is 0 Å². The van der Waals surface area contributed by atoms with Crippen molar-refractivity contribution in [1.82, 2.24) is 5.48 Å². The molecule has 0 saturated carbocycles. The molecule has 1 unspecified atom stereocenters. The molecule has 2 aromatic rings. The molecule has 1 amide bonds. The summed E-state index contributed by atoms with van der Waals surface area (Å²) < 4.78 is 5.62. The quantitative estimate of drug-likeness (QED) is 0.134. The monoisotopic (exact) mass is 413 g/mol. The molecule has 158 valence electrons. The fourth-order valence-corrected chi connectivity index (χ4v) is 4.46. The summed E-state index contributed by atoms with van der Waals surface area (Å²) in [5.41, 5.74) is 3.24. The molecule has 5 heteroatoms. The number of carbonyl (C=O) groups is 1. The van der Waals surface area contributed by atoms with E-state index in [2.05, 4.69) is 63.2 Å². The van der Waals surface area contributed by atoms with Crippen molar-refractivity contribution in [2.45, 2.75) is 65.5 Å². The molecule has 0 heterocycles. The Labute approximate surface area is 176 Å². The zero-order chi connectivity index (χ0) is 21.4. The Balaban J connectivity index is 2.02. The zero-order valence-corrected chi connectivity index (χ0v) is 19.5. The van der Waals surface area contributed by atoms with Gasteiger partial charge in [0.1, 0.15) is 0 Å². The maximum absolute atomic E-state index is 11.7. The summed E-state index contributed by atoms with van der Waals surface area (Å²) in [5.74, 6) is 0.154. The van der Waals surface area contributed by atoms with Crippen LogP contribution in [0.4, 0.5) is 0 Å². The van der Waals surface area contributed by atoms with Crippen molar-refractivity contribution in [3.63, 3.8) is 0 Å². The van der Waals surface area contributed by atoms with Crippen molar-refractivity contribution in [1.29, 1.82) is 0 Å². The molecule has 2 N–H and O–H groups in total. The summed E-state index contributed by atoms with van der Waals surface area (Å²) in [6.07, 6.45) is 5.71. The van der Waals surface area contributed by atoms with Crippen LogP contribution in [0.2, 0.25) is 13.1 Å². The van der Waals surface area contributed by atoms with Crippen molar-refractivity contribution in [2.24, 2.45) is 5.41 Å². The number of hydroxylamine groups is 1. The van der Waals surface area contributed by atoms with Crippen LogP contribution in [0.15, 0.2) is 54.3 Å². The van der Waals surface area contributed by atoms with Crippen molar-refractivity contribution in [3.8, 4) is 0 Å². The Bertz CT molecular complexity index is 839. The number of hydrogen-bond acceptors (Lipinski definition) is 3. The average Bonchev–Trinajstić information content (AvgIpc) is 2.67. The third-order valence-corrected chi connectivity index (χ3v) is 5.91. The molecular weight excluding hydrogens is 378 g/mol. The minimum absolute atomic E-state index is 0.173. The van der Waals surface area contributed by atoms with E-state index in [1.54, 1.807) is 11.6 Å². The first kappa shape index (κ1) is 23.2. The predicted octanol–water partition coefficient (Wildman–Crippen LogP) is 5.92. The van der Waals surface area contributed by atoms with E-state index in [0.717, 1.165) is 25.7 Å². The van der Waals surface area contributed by atoms with E-state index in [4.69, 9.17) is 9.63 Å². The Morgan fingerprint density at radius 1 is 1.14 bits per heavy atom. The van der Waals surface area contributed by atoms with Gasteiger partial charge in [-0.2, -0.15) is 0 Å². The molecule has 0 radical (unpaired) electrons. The van der Waals surface area contributed by atoms with Crippen LogP contribution < -0.4 is 5.48 Å². The topological polar surface area (TPSA) is 58.6 Å². The highest BCUT2D eigenvalue weighted by molar-refractivity contribution is 6.49. The minimum atomic E-state index is -1.40. The van der Waals surface area contributed by atoms with Crippen molar-refractivity contribution in [3.05, 3.63) is 59.9 Å². The largest absolute Gasteiger partial charge is 0.543 e. The summed E-state index contributed by atoms with van der Waals surface area (Å²) in [6.45, 7) is 10.9. The number of benzene rings is 2. The third-order valence-electron chi connectivity index (χ3n) is 5.19. The van der Waals surface area contributed by atoms with E-state index >= 15 is 0 Å². The van der Waals surface area contributed by atoms with Crippen LogP contribution in [0.1, 0.15) is 57.9 Å². The molecular formula is C24H35NO3Si. The van der Waals surface area contributed by atoms with Gasteiger partial charge < -0.3 is 4.43 Å². The number of carbonyl (C=O) groups excluding carboxylic acids is 1. The average molecular weight is 414 g/mol. The molecule has 1 atom stereocenters. The van der Waals surface area contributed by atoms with Crippen LogP contribution in [-0.4, -0.2) is 20.2 Å². The number of fused-ring (bicyclic) bond motifs is 1. The van der Waals surface area contributed by atoms with Gasteiger partial charge in [0.15, 0.2) is 5.76 Å². The number of rotatable bonds is 9. The molecule has 29 heavy (non-hydrogen) atoms. The molecule has 0 aliphatic carbocycles. The molecule has 2 aromatic carbocycles. The predicted molar refractivity (Wildman–Crippen MR) is 123 cm³/mol. The zero-order valence-electron chi connectivity index (χ0n) is 18.4. The standard InChI is InChI=1S/C24H35NO3Si/c1-24(2,3)21(20-16-15-18-11-9-10-12-19(18)17-20)13-7-6-8-14-22(23(26)25-27)28-29(4)5/h9-12,14-17,21,27,29H,6-8,13H2,1-5H3,(H,25,26). The Morgan fingerprint density at radius 3 is 2.45 bits per heavy atom. The molecule has 0 aromatic heterocycles. The van der Waals surface area contributed by atoms with Crippen LogP contribution in [0.5, 0.6) is 0 Å². The van der Waals surface area contributed by atoms with Crippen LogP contribution in [0, 0.1) is 5.41 Å². The van der Waals surface area contributed by atoms with E-state index in [-0.39, 0.29) is 11.2 Å². The molecule has 0 aliphatic rings. The van der Waals surface area contributed by atoms with E-state index in [1.807, 2.05) is 13.1 Å². The van der Waals surface area contributed by atoms with Gasteiger partial charge in [-0.25, -0.2) is 5.48 Å². The summed E-state index contributed by atoms with van der Waals surface area (Å²) in [4.78, 5) is 11.7. The number of allylic oxidation sites excluding steroid dienone is 1. The number of nitrogens with one attached hydrogen (secondary N) is 1. The number of hydrogen-bond donors (Lipinski definition) is 2. The van der Waals surface area contributed by atoms with Gasteiger partial charge in [0.25, 0.3) is 0 Å². The molecule has 0 bridgehead atoms. The molecule has 0 spiro atoms. The van der Waals surface area contributed by atoms with Gasteiger partial charge in [-0.15, -0.1) is 0 Å².